The molecule has 0 saturated carbocycles. The molecule has 1 amide bonds. The summed E-state index contributed by atoms with van der Waals surface area (Å²) < 4.78 is 14.0. The molecule has 5 heteroatoms. The standard InChI is InChI=1S/C15H13FN2OS/c16-12-6-1-2-7-13(12)18-14(19)9-20-15(18)10-4-3-5-11(17)8-10/h1-8,15H,9,17H2. The monoisotopic (exact) mass is 288 g/mol. The van der Waals surface area contributed by atoms with Gasteiger partial charge in [0.1, 0.15) is 11.2 Å². The Morgan fingerprint density at radius 2 is 2.00 bits per heavy atom. The van der Waals surface area contributed by atoms with E-state index in [1.807, 2.05) is 18.2 Å². The minimum absolute atomic E-state index is 0.0903. The molecule has 1 heterocycles. The zero-order valence-electron chi connectivity index (χ0n) is 10.6. The van der Waals surface area contributed by atoms with Gasteiger partial charge in [-0.15, -0.1) is 11.8 Å². The molecule has 102 valence electrons. The number of anilines is 2. The summed E-state index contributed by atoms with van der Waals surface area (Å²) in [6.07, 6.45) is 0. The maximum Gasteiger partial charge on any atom is 0.238 e. The zero-order chi connectivity index (χ0) is 14.1. The summed E-state index contributed by atoms with van der Waals surface area (Å²) in [5, 5.41) is -0.233. The largest absolute Gasteiger partial charge is 0.399 e. The Morgan fingerprint density at radius 3 is 2.75 bits per heavy atom. The highest BCUT2D eigenvalue weighted by atomic mass is 32.2. The Bertz CT molecular complexity index is 662. The molecule has 2 aromatic rings. The highest BCUT2D eigenvalue weighted by Gasteiger charge is 2.35. The average molecular weight is 288 g/mol. The molecule has 3 rings (SSSR count). The minimum atomic E-state index is -0.391. The number of para-hydroxylation sites is 1. The number of carbonyl (C=O) groups is 1. The molecule has 0 bridgehead atoms. The quantitative estimate of drug-likeness (QED) is 0.863. The fourth-order valence-corrected chi connectivity index (χ4v) is 3.45. The van der Waals surface area contributed by atoms with Crippen molar-refractivity contribution in [2.45, 2.75) is 5.37 Å². The molecule has 0 aliphatic carbocycles. The van der Waals surface area contributed by atoms with Gasteiger partial charge in [0, 0.05) is 5.69 Å². The first-order chi connectivity index (χ1) is 9.66. The number of benzene rings is 2. The Labute approximate surface area is 120 Å². The van der Waals surface area contributed by atoms with E-state index in [2.05, 4.69) is 0 Å². The van der Waals surface area contributed by atoms with Crippen molar-refractivity contribution in [3.8, 4) is 0 Å². The topological polar surface area (TPSA) is 46.3 Å². The molecule has 2 aromatic carbocycles. The van der Waals surface area contributed by atoms with Crippen molar-refractivity contribution in [1.29, 1.82) is 0 Å². The molecule has 0 aromatic heterocycles. The molecule has 1 unspecified atom stereocenters. The van der Waals surface area contributed by atoms with Crippen LogP contribution in [0.5, 0.6) is 0 Å². The lowest BCUT2D eigenvalue weighted by molar-refractivity contribution is -0.115. The van der Waals surface area contributed by atoms with E-state index >= 15 is 0 Å². The summed E-state index contributed by atoms with van der Waals surface area (Å²) in [5.41, 5.74) is 7.64. The second-order valence-electron chi connectivity index (χ2n) is 4.55. The van der Waals surface area contributed by atoms with Crippen LogP contribution in [-0.2, 0) is 4.79 Å². The van der Waals surface area contributed by atoms with Gasteiger partial charge >= 0.3 is 0 Å². The summed E-state index contributed by atoms with van der Waals surface area (Å²) in [5.74, 6) is -0.141. The molecule has 1 atom stereocenters. The van der Waals surface area contributed by atoms with E-state index in [0.717, 1.165) is 5.56 Å². The van der Waals surface area contributed by atoms with E-state index in [0.29, 0.717) is 17.1 Å². The lowest BCUT2D eigenvalue weighted by Crippen LogP contribution is -2.28. The Balaban J connectivity index is 2.03. The van der Waals surface area contributed by atoms with Crippen LogP contribution >= 0.6 is 11.8 Å². The third-order valence-corrected chi connectivity index (χ3v) is 4.39. The van der Waals surface area contributed by atoms with Crippen LogP contribution < -0.4 is 10.6 Å². The SMILES string of the molecule is Nc1cccc(C2SCC(=O)N2c2ccccc2F)c1. The van der Waals surface area contributed by atoms with Crippen molar-refractivity contribution >= 4 is 29.0 Å². The predicted molar refractivity (Wildman–Crippen MR) is 79.9 cm³/mol. The van der Waals surface area contributed by atoms with Crippen LogP contribution in [0.4, 0.5) is 15.8 Å². The first kappa shape index (κ1) is 13.0. The molecule has 20 heavy (non-hydrogen) atoms. The van der Waals surface area contributed by atoms with Crippen molar-refractivity contribution in [1.82, 2.24) is 0 Å². The van der Waals surface area contributed by atoms with Crippen molar-refractivity contribution in [3.05, 3.63) is 59.9 Å². The first-order valence-corrected chi connectivity index (χ1v) is 7.25. The van der Waals surface area contributed by atoms with Crippen LogP contribution in [0, 0.1) is 5.82 Å². The number of carbonyl (C=O) groups excluding carboxylic acids is 1. The van der Waals surface area contributed by atoms with Crippen LogP contribution in [0.15, 0.2) is 48.5 Å². The third-order valence-electron chi connectivity index (χ3n) is 3.18. The summed E-state index contributed by atoms with van der Waals surface area (Å²) in [4.78, 5) is 13.6. The zero-order valence-corrected chi connectivity index (χ0v) is 11.4. The van der Waals surface area contributed by atoms with Crippen LogP contribution in [0.1, 0.15) is 10.9 Å². The van der Waals surface area contributed by atoms with Gasteiger partial charge in [-0.1, -0.05) is 24.3 Å². The summed E-state index contributed by atoms with van der Waals surface area (Å²) in [6, 6.07) is 13.7. The average Bonchev–Trinajstić information content (AvgIpc) is 2.81. The maximum absolute atomic E-state index is 14.0. The highest BCUT2D eigenvalue weighted by Crippen LogP contribution is 2.42. The Hall–Kier alpha value is -2.01. The van der Waals surface area contributed by atoms with E-state index in [4.69, 9.17) is 5.73 Å². The normalized spacial score (nSPS) is 18.6. The lowest BCUT2D eigenvalue weighted by atomic mass is 10.1. The van der Waals surface area contributed by atoms with Gasteiger partial charge in [-0.3, -0.25) is 9.69 Å². The van der Waals surface area contributed by atoms with Gasteiger partial charge in [0.25, 0.3) is 0 Å². The van der Waals surface area contributed by atoms with E-state index in [-0.39, 0.29) is 11.3 Å². The maximum atomic E-state index is 14.0. The van der Waals surface area contributed by atoms with Gasteiger partial charge in [0.05, 0.1) is 11.4 Å². The van der Waals surface area contributed by atoms with Crippen molar-refractivity contribution in [3.63, 3.8) is 0 Å². The summed E-state index contributed by atoms with van der Waals surface area (Å²) >= 11 is 1.48. The summed E-state index contributed by atoms with van der Waals surface area (Å²) in [7, 11) is 0. The molecule has 0 spiro atoms. The van der Waals surface area contributed by atoms with Gasteiger partial charge in [-0.2, -0.15) is 0 Å². The molecular weight excluding hydrogens is 275 g/mol. The number of nitrogens with two attached hydrogens (primary N) is 1. The fraction of sp³-hybridized carbons (Fsp3) is 0.133. The van der Waals surface area contributed by atoms with Crippen LogP contribution in [-0.4, -0.2) is 11.7 Å². The molecule has 1 fully saturated rings. The Morgan fingerprint density at radius 1 is 1.20 bits per heavy atom. The highest BCUT2D eigenvalue weighted by molar-refractivity contribution is 8.00. The Kier molecular flexibility index (Phi) is 3.36. The molecule has 0 radical (unpaired) electrons. The fourth-order valence-electron chi connectivity index (χ4n) is 2.29. The molecule has 1 aliphatic rings. The molecular formula is C15H13FN2OS. The third kappa shape index (κ3) is 2.25. The van der Waals surface area contributed by atoms with E-state index < -0.39 is 5.82 Å². The lowest BCUT2D eigenvalue weighted by Gasteiger charge is -2.24. The number of hydrogen-bond acceptors (Lipinski definition) is 3. The van der Waals surface area contributed by atoms with Crippen LogP contribution in [0.3, 0.4) is 0 Å². The second-order valence-corrected chi connectivity index (χ2v) is 5.62. The molecule has 1 aliphatic heterocycles. The van der Waals surface area contributed by atoms with Crippen molar-refractivity contribution in [2.75, 3.05) is 16.4 Å². The van der Waals surface area contributed by atoms with Gasteiger partial charge in [0.15, 0.2) is 0 Å². The van der Waals surface area contributed by atoms with E-state index in [1.165, 1.54) is 22.7 Å². The smallest absolute Gasteiger partial charge is 0.238 e. The minimum Gasteiger partial charge on any atom is -0.399 e. The number of nitrogen functional groups attached to an aromatic ring is 1. The number of hydrogen-bond donors (Lipinski definition) is 1. The molecule has 2 N–H and O–H groups in total. The van der Waals surface area contributed by atoms with Gasteiger partial charge in [0.2, 0.25) is 5.91 Å². The number of thioether (sulfide) groups is 1. The number of amides is 1. The van der Waals surface area contributed by atoms with Crippen LogP contribution in [0.2, 0.25) is 0 Å². The van der Waals surface area contributed by atoms with Crippen molar-refractivity contribution < 1.29 is 9.18 Å². The second kappa shape index (κ2) is 5.17. The van der Waals surface area contributed by atoms with E-state index in [1.54, 1.807) is 24.3 Å². The predicted octanol–water partition coefficient (Wildman–Crippen LogP) is 3.19. The van der Waals surface area contributed by atoms with Crippen molar-refractivity contribution in [2.24, 2.45) is 0 Å². The first-order valence-electron chi connectivity index (χ1n) is 6.20. The van der Waals surface area contributed by atoms with Gasteiger partial charge in [-0.05, 0) is 29.8 Å². The number of nitrogens with zero attached hydrogens (tertiary/aromatic N) is 1. The molecule has 1 saturated heterocycles. The van der Waals surface area contributed by atoms with Crippen LogP contribution in [0.25, 0.3) is 0 Å². The summed E-state index contributed by atoms with van der Waals surface area (Å²) in [6.45, 7) is 0. The number of rotatable bonds is 2. The van der Waals surface area contributed by atoms with Gasteiger partial charge < -0.3 is 5.73 Å². The van der Waals surface area contributed by atoms with Gasteiger partial charge in [-0.25, -0.2) is 4.39 Å². The molecule has 3 nitrogen and oxygen atoms in total. The van der Waals surface area contributed by atoms with E-state index in [9.17, 15) is 9.18 Å². The number of halogens is 1.